The topological polar surface area (TPSA) is 98.2 Å². The highest BCUT2D eigenvalue weighted by atomic mass is 32.1. The summed E-state index contributed by atoms with van der Waals surface area (Å²) in [5.74, 6) is -4.22. The van der Waals surface area contributed by atoms with Crippen molar-refractivity contribution in [2.45, 2.75) is 25.3 Å². The highest BCUT2D eigenvalue weighted by molar-refractivity contribution is 7.15. The summed E-state index contributed by atoms with van der Waals surface area (Å²) in [5, 5.41) is 9.10. The third-order valence-electron chi connectivity index (χ3n) is 5.72. The number of halogens is 3. The predicted octanol–water partition coefficient (Wildman–Crippen LogP) is 4.57. The molecular weight excluding hydrogens is 455 g/mol. The first-order chi connectivity index (χ1) is 15.7. The number of hydrogen-bond donors (Lipinski definition) is 2. The van der Waals surface area contributed by atoms with E-state index in [4.69, 9.17) is 5.73 Å². The molecule has 3 heterocycles. The molecule has 1 atom stereocenters. The molecule has 6 nitrogen and oxygen atoms in total. The Morgan fingerprint density at radius 2 is 1.97 bits per heavy atom. The molecule has 3 aromatic heterocycles. The number of rotatable bonds is 3. The zero-order chi connectivity index (χ0) is 23.4. The van der Waals surface area contributed by atoms with Crippen LogP contribution in [0.15, 0.2) is 41.3 Å². The van der Waals surface area contributed by atoms with Gasteiger partial charge in [-0.1, -0.05) is 0 Å². The second-order valence-corrected chi connectivity index (χ2v) is 8.96. The van der Waals surface area contributed by atoms with Gasteiger partial charge in [-0.3, -0.25) is 9.36 Å². The molecular formula is C23H16F3N3O3S. The molecule has 0 spiro atoms. The van der Waals surface area contributed by atoms with E-state index in [0.717, 1.165) is 58.7 Å². The lowest BCUT2D eigenvalue weighted by Crippen LogP contribution is -2.20. The molecule has 0 bridgehead atoms. The van der Waals surface area contributed by atoms with Crippen molar-refractivity contribution >= 4 is 28.3 Å². The van der Waals surface area contributed by atoms with Crippen LogP contribution in [0.5, 0.6) is 0 Å². The first-order valence-electron chi connectivity index (χ1n) is 10.1. The summed E-state index contributed by atoms with van der Waals surface area (Å²) < 4.78 is 44.2. The molecule has 10 heteroatoms. The fraction of sp³-hybridized carbons (Fsp3) is 0.174. The van der Waals surface area contributed by atoms with E-state index in [1.165, 1.54) is 11.3 Å². The smallest absolute Gasteiger partial charge is 0.341 e. The van der Waals surface area contributed by atoms with Crippen LogP contribution >= 0.6 is 11.3 Å². The number of benzene rings is 1. The number of carboxylic acids is 1. The number of aromatic nitrogens is 2. The third-order valence-corrected chi connectivity index (χ3v) is 6.94. The minimum absolute atomic E-state index is 0.0622. The molecule has 0 aliphatic heterocycles. The Morgan fingerprint density at radius 1 is 1.18 bits per heavy atom. The monoisotopic (exact) mass is 471 g/mol. The highest BCUT2D eigenvalue weighted by Crippen LogP contribution is 2.39. The number of carboxylic acid groups (broad SMARTS) is 1. The van der Waals surface area contributed by atoms with E-state index < -0.39 is 34.4 Å². The number of carbonyl (C=O) groups is 1. The van der Waals surface area contributed by atoms with Crippen LogP contribution in [0.2, 0.25) is 0 Å². The number of aryl methyl sites for hydroxylation is 1. The SMILES string of the molecule is NC1CCCc2sc(-c3nc4c(cc3F)c(=O)c(C(=O)O)cn4-c3ccc(F)cc3F)cc21. The van der Waals surface area contributed by atoms with Crippen LogP contribution < -0.4 is 11.2 Å². The Morgan fingerprint density at radius 3 is 2.67 bits per heavy atom. The van der Waals surface area contributed by atoms with Gasteiger partial charge in [-0.05, 0) is 49.1 Å². The van der Waals surface area contributed by atoms with Crippen molar-refractivity contribution in [3.8, 4) is 16.3 Å². The Kier molecular flexibility index (Phi) is 5.06. The van der Waals surface area contributed by atoms with Crippen LogP contribution in [0.4, 0.5) is 13.2 Å². The standard InChI is InChI=1S/C23H16F3N3O3S/c24-10-4-5-17(14(25)6-10)29-9-13(23(31)32)21(30)12-7-15(26)20(28-22(12)29)19-8-11-16(27)2-1-3-18(11)33-19/h4-9,16H,1-3,27H2,(H,31,32). The minimum Gasteiger partial charge on any atom is -0.477 e. The molecule has 0 saturated carbocycles. The maximum Gasteiger partial charge on any atom is 0.341 e. The van der Waals surface area contributed by atoms with Crippen molar-refractivity contribution in [2.75, 3.05) is 0 Å². The summed E-state index contributed by atoms with van der Waals surface area (Å²) in [6.45, 7) is 0. The molecule has 0 radical (unpaired) electrons. The third kappa shape index (κ3) is 3.51. The molecule has 0 fully saturated rings. The van der Waals surface area contributed by atoms with Gasteiger partial charge in [0.1, 0.15) is 28.5 Å². The van der Waals surface area contributed by atoms with Gasteiger partial charge in [-0.15, -0.1) is 11.3 Å². The lowest BCUT2D eigenvalue weighted by atomic mass is 9.94. The molecule has 168 valence electrons. The van der Waals surface area contributed by atoms with Crippen molar-refractivity contribution in [3.05, 3.63) is 80.2 Å². The number of aromatic carboxylic acids is 1. The number of pyridine rings is 2. The second-order valence-electron chi connectivity index (χ2n) is 7.82. The van der Waals surface area contributed by atoms with Gasteiger partial charge in [0.15, 0.2) is 5.82 Å². The van der Waals surface area contributed by atoms with E-state index in [1.807, 2.05) is 0 Å². The fourth-order valence-electron chi connectivity index (χ4n) is 4.12. The van der Waals surface area contributed by atoms with Gasteiger partial charge >= 0.3 is 5.97 Å². The summed E-state index contributed by atoms with van der Waals surface area (Å²) in [7, 11) is 0. The van der Waals surface area contributed by atoms with Gasteiger partial charge in [0, 0.05) is 23.2 Å². The van der Waals surface area contributed by atoms with E-state index in [2.05, 4.69) is 4.98 Å². The number of nitrogens with zero attached hydrogens (tertiary/aromatic N) is 2. The number of hydrogen-bond acceptors (Lipinski definition) is 5. The van der Waals surface area contributed by atoms with E-state index in [9.17, 15) is 23.5 Å². The largest absolute Gasteiger partial charge is 0.477 e. The maximum absolute atomic E-state index is 15.1. The van der Waals surface area contributed by atoms with E-state index in [0.29, 0.717) is 10.9 Å². The van der Waals surface area contributed by atoms with Crippen LogP contribution in [-0.4, -0.2) is 20.6 Å². The van der Waals surface area contributed by atoms with E-state index in [1.54, 1.807) is 6.07 Å². The molecule has 5 rings (SSSR count). The summed E-state index contributed by atoms with van der Waals surface area (Å²) in [6.07, 6.45) is 3.46. The molecule has 1 unspecified atom stereocenters. The van der Waals surface area contributed by atoms with Gasteiger partial charge in [-0.2, -0.15) is 0 Å². The van der Waals surface area contributed by atoms with E-state index in [-0.39, 0.29) is 28.5 Å². The molecule has 4 aromatic rings. The molecule has 0 saturated heterocycles. The van der Waals surface area contributed by atoms with Gasteiger partial charge in [-0.25, -0.2) is 22.9 Å². The maximum atomic E-state index is 15.1. The first kappa shape index (κ1) is 21.4. The first-order valence-corrected chi connectivity index (χ1v) is 10.9. The summed E-state index contributed by atoms with van der Waals surface area (Å²) in [5.41, 5.74) is 5.00. The van der Waals surface area contributed by atoms with Gasteiger partial charge in [0.05, 0.1) is 16.0 Å². The van der Waals surface area contributed by atoms with Crippen molar-refractivity contribution in [1.29, 1.82) is 0 Å². The van der Waals surface area contributed by atoms with Crippen molar-refractivity contribution in [3.63, 3.8) is 0 Å². The molecule has 1 aliphatic carbocycles. The molecule has 3 N–H and O–H groups in total. The minimum atomic E-state index is -1.57. The average molecular weight is 471 g/mol. The Hall–Kier alpha value is -3.50. The van der Waals surface area contributed by atoms with Crippen molar-refractivity contribution in [2.24, 2.45) is 5.73 Å². The normalized spacial score (nSPS) is 15.6. The Labute approximate surface area is 188 Å². The van der Waals surface area contributed by atoms with E-state index >= 15 is 4.39 Å². The van der Waals surface area contributed by atoms with Crippen LogP contribution in [0.1, 0.15) is 39.7 Å². The van der Waals surface area contributed by atoms with Gasteiger partial charge < -0.3 is 10.8 Å². The van der Waals surface area contributed by atoms with Crippen molar-refractivity contribution in [1.82, 2.24) is 9.55 Å². The summed E-state index contributed by atoms with van der Waals surface area (Å²) in [4.78, 5) is 30.2. The number of fused-ring (bicyclic) bond motifs is 2. The van der Waals surface area contributed by atoms with Crippen LogP contribution in [0, 0.1) is 17.5 Å². The molecule has 1 aromatic carbocycles. The zero-order valence-corrected chi connectivity index (χ0v) is 17.8. The Balaban J connectivity index is 1.82. The lowest BCUT2D eigenvalue weighted by molar-refractivity contribution is 0.0695. The Bertz CT molecular complexity index is 1510. The quantitative estimate of drug-likeness (QED) is 0.456. The lowest BCUT2D eigenvalue weighted by Gasteiger charge is -2.17. The molecule has 1 aliphatic rings. The van der Waals surface area contributed by atoms with Gasteiger partial charge in [0.2, 0.25) is 5.43 Å². The van der Waals surface area contributed by atoms with Gasteiger partial charge in [0.25, 0.3) is 0 Å². The predicted molar refractivity (Wildman–Crippen MR) is 117 cm³/mol. The number of nitrogens with two attached hydrogens (primary N) is 1. The fourth-order valence-corrected chi connectivity index (χ4v) is 5.38. The van der Waals surface area contributed by atoms with Crippen molar-refractivity contribution < 1.29 is 23.1 Å². The average Bonchev–Trinajstić information content (AvgIpc) is 3.20. The summed E-state index contributed by atoms with van der Waals surface area (Å²) >= 11 is 1.35. The van der Waals surface area contributed by atoms with Crippen LogP contribution in [-0.2, 0) is 6.42 Å². The zero-order valence-electron chi connectivity index (χ0n) is 16.9. The molecule has 0 amide bonds. The van der Waals surface area contributed by atoms with Crippen LogP contribution in [0.3, 0.4) is 0 Å². The summed E-state index contributed by atoms with van der Waals surface area (Å²) in [6, 6.07) is 5.22. The molecule has 33 heavy (non-hydrogen) atoms. The second kappa shape index (κ2) is 7.82. The highest BCUT2D eigenvalue weighted by Gasteiger charge is 2.24. The van der Waals surface area contributed by atoms with Crippen LogP contribution in [0.25, 0.3) is 27.3 Å². The number of thiophene rings is 1.